The average molecular weight is 347 g/mol. The Morgan fingerprint density at radius 3 is 2.62 bits per heavy atom. The molecule has 3 aromatic rings. The minimum Gasteiger partial charge on any atom is -0.497 e. The van der Waals surface area contributed by atoms with Crippen molar-refractivity contribution >= 4 is 16.6 Å². The van der Waals surface area contributed by atoms with E-state index in [2.05, 4.69) is 22.0 Å². The normalized spacial score (nSPS) is 15.3. The molecule has 133 valence electrons. The van der Waals surface area contributed by atoms with Gasteiger partial charge in [0.05, 0.1) is 12.6 Å². The van der Waals surface area contributed by atoms with E-state index >= 15 is 0 Å². The Labute approximate surface area is 154 Å². The first-order valence-corrected chi connectivity index (χ1v) is 9.16. The lowest BCUT2D eigenvalue weighted by Crippen LogP contribution is -2.34. The molecule has 0 saturated carbocycles. The van der Waals surface area contributed by atoms with Gasteiger partial charge in [0.2, 0.25) is 0 Å². The number of nitrogens with zero attached hydrogens (tertiary/aromatic N) is 2. The smallest absolute Gasteiger partial charge is 0.190 e. The van der Waals surface area contributed by atoms with Gasteiger partial charge in [-0.05, 0) is 61.1 Å². The van der Waals surface area contributed by atoms with Gasteiger partial charge >= 0.3 is 0 Å². The van der Waals surface area contributed by atoms with E-state index in [-0.39, 0.29) is 5.75 Å². The van der Waals surface area contributed by atoms with E-state index in [1.165, 1.54) is 5.56 Å². The zero-order chi connectivity index (χ0) is 17.9. The Hall–Kier alpha value is -2.75. The number of benzene rings is 2. The summed E-state index contributed by atoms with van der Waals surface area (Å²) in [7, 11) is 1.69. The molecule has 1 saturated heterocycles. The molecule has 1 aliphatic heterocycles. The van der Waals surface area contributed by atoms with Gasteiger partial charge in [0.15, 0.2) is 5.75 Å². The van der Waals surface area contributed by atoms with Gasteiger partial charge in [-0.1, -0.05) is 12.1 Å². The van der Waals surface area contributed by atoms with E-state index in [0.717, 1.165) is 49.3 Å². The van der Waals surface area contributed by atoms with Crippen molar-refractivity contribution in [3.63, 3.8) is 0 Å². The number of hydrogen-bond acceptors (Lipinski definition) is 3. The average Bonchev–Trinajstić information content (AvgIpc) is 2.69. The molecule has 0 atom stereocenters. The molecular formula is C22H23N2O2. The zero-order valence-electron chi connectivity index (χ0n) is 15.0. The van der Waals surface area contributed by atoms with Crippen molar-refractivity contribution in [3.05, 3.63) is 60.3 Å². The van der Waals surface area contributed by atoms with Crippen LogP contribution >= 0.6 is 0 Å². The predicted molar refractivity (Wildman–Crippen MR) is 104 cm³/mol. The summed E-state index contributed by atoms with van der Waals surface area (Å²) in [6.07, 6.45) is 5.12. The van der Waals surface area contributed by atoms with E-state index < -0.39 is 0 Å². The van der Waals surface area contributed by atoms with Crippen LogP contribution in [-0.2, 0) is 11.5 Å². The SMILES string of the molecule is COc1ccc(CC2CCN(c3cc([O])c4cccnc4c3)CC2)cc1. The second kappa shape index (κ2) is 7.24. The second-order valence-corrected chi connectivity index (χ2v) is 7.00. The van der Waals surface area contributed by atoms with Gasteiger partial charge < -0.3 is 9.64 Å². The molecule has 0 N–H and O–H groups in total. The molecule has 4 nitrogen and oxygen atoms in total. The Kier molecular flexibility index (Phi) is 4.65. The van der Waals surface area contributed by atoms with Crippen LogP contribution in [0.5, 0.6) is 11.5 Å². The molecule has 4 heteroatoms. The highest BCUT2D eigenvalue weighted by molar-refractivity contribution is 5.88. The molecule has 1 fully saturated rings. The summed E-state index contributed by atoms with van der Waals surface area (Å²) >= 11 is 0. The lowest BCUT2D eigenvalue weighted by atomic mass is 9.90. The number of piperidine rings is 1. The fraction of sp³-hybridized carbons (Fsp3) is 0.318. The van der Waals surface area contributed by atoms with Crippen LogP contribution in [0.1, 0.15) is 18.4 Å². The summed E-state index contributed by atoms with van der Waals surface area (Å²) in [4.78, 5) is 6.67. The molecule has 26 heavy (non-hydrogen) atoms. The first kappa shape index (κ1) is 16.7. The molecule has 1 radical (unpaired) electrons. The first-order valence-electron chi connectivity index (χ1n) is 9.16. The maximum Gasteiger partial charge on any atom is 0.190 e. The Morgan fingerprint density at radius 1 is 1.12 bits per heavy atom. The number of anilines is 1. The van der Waals surface area contributed by atoms with Crippen molar-refractivity contribution in [2.45, 2.75) is 19.3 Å². The minimum atomic E-state index is 0.0611. The first-order chi connectivity index (χ1) is 12.7. The van der Waals surface area contributed by atoms with Gasteiger partial charge in [0.1, 0.15) is 5.75 Å². The van der Waals surface area contributed by atoms with Gasteiger partial charge in [0.25, 0.3) is 0 Å². The van der Waals surface area contributed by atoms with Crippen LogP contribution in [0, 0.1) is 5.92 Å². The lowest BCUT2D eigenvalue weighted by Gasteiger charge is -2.33. The number of methoxy groups -OCH3 is 1. The van der Waals surface area contributed by atoms with Crippen LogP contribution < -0.4 is 9.64 Å². The van der Waals surface area contributed by atoms with Crippen LogP contribution in [0.2, 0.25) is 0 Å². The molecule has 2 aromatic carbocycles. The number of hydrogen-bond donors (Lipinski definition) is 0. The fourth-order valence-electron chi connectivity index (χ4n) is 3.81. The number of ether oxygens (including phenoxy) is 1. The Bertz CT molecular complexity index is 884. The van der Waals surface area contributed by atoms with Crippen molar-refractivity contribution < 1.29 is 9.84 Å². The van der Waals surface area contributed by atoms with Crippen molar-refractivity contribution in [1.82, 2.24) is 4.98 Å². The van der Waals surface area contributed by atoms with Crippen LogP contribution in [0.4, 0.5) is 5.69 Å². The molecule has 1 aliphatic rings. The third-order valence-corrected chi connectivity index (χ3v) is 5.33. The highest BCUT2D eigenvalue weighted by Gasteiger charge is 2.21. The molecule has 2 heterocycles. The maximum atomic E-state index is 12.3. The van der Waals surface area contributed by atoms with Crippen molar-refractivity contribution in [2.75, 3.05) is 25.1 Å². The number of fused-ring (bicyclic) bond motifs is 1. The maximum absolute atomic E-state index is 12.3. The van der Waals surface area contributed by atoms with E-state index in [4.69, 9.17) is 4.74 Å². The molecule has 0 spiro atoms. The fourth-order valence-corrected chi connectivity index (χ4v) is 3.81. The summed E-state index contributed by atoms with van der Waals surface area (Å²) in [5, 5.41) is 13.0. The van der Waals surface area contributed by atoms with Gasteiger partial charge in [-0.3, -0.25) is 10.1 Å². The van der Waals surface area contributed by atoms with Gasteiger partial charge in [0, 0.05) is 36.4 Å². The minimum absolute atomic E-state index is 0.0611. The molecule has 1 aromatic heterocycles. The number of rotatable bonds is 4. The van der Waals surface area contributed by atoms with E-state index in [0.29, 0.717) is 11.3 Å². The molecule has 0 unspecified atom stereocenters. The summed E-state index contributed by atoms with van der Waals surface area (Å²) < 4.78 is 5.23. The van der Waals surface area contributed by atoms with Crippen LogP contribution in [0.25, 0.3) is 10.9 Å². The quantitative estimate of drug-likeness (QED) is 0.678. The number of pyridine rings is 1. The summed E-state index contributed by atoms with van der Waals surface area (Å²) in [5.74, 6) is 1.65. The third-order valence-electron chi connectivity index (χ3n) is 5.33. The molecule has 0 aliphatic carbocycles. The van der Waals surface area contributed by atoms with Gasteiger partial charge in [-0.2, -0.15) is 0 Å². The standard InChI is InChI=1S/C22H23N2O2/c1-26-19-6-4-16(5-7-19)13-17-8-11-24(12-9-17)18-14-21-20(22(25)15-18)3-2-10-23-21/h2-7,10,14-15,17H,8-9,11-13H2,1H3. The predicted octanol–water partition coefficient (Wildman–Crippen LogP) is 4.85. The van der Waals surface area contributed by atoms with Gasteiger partial charge in [-0.15, -0.1) is 0 Å². The van der Waals surface area contributed by atoms with Crippen LogP contribution in [-0.4, -0.2) is 25.2 Å². The summed E-state index contributed by atoms with van der Waals surface area (Å²) in [6, 6.07) is 15.8. The van der Waals surface area contributed by atoms with Gasteiger partial charge in [-0.25, -0.2) is 0 Å². The van der Waals surface area contributed by atoms with Crippen molar-refractivity contribution in [2.24, 2.45) is 5.92 Å². The Morgan fingerprint density at radius 2 is 1.88 bits per heavy atom. The summed E-state index contributed by atoms with van der Waals surface area (Å²) in [5.41, 5.74) is 3.15. The third kappa shape index (κ3) is 3.45. The lowest BCUT2D eigenvalue weighted by molar-refractivity contribution is 0.359. The van der Waals surface area contributed by atoms with E-state index in [1.807, 2.05) is 30.3 Å². The Balaban J connectivity index is 1.41. The zero-order valence-corrected chi connectivity index (χ0v) is 15.0. The van der Waals surface area contributed by atoms with E-state index in [9.17, 15) is 5.11 Å². The molecule has 4 rings (SSSR count). The van der Waals surface area contributed by atoms with Crippen LogP contribution in [0.15, 0.2) is 54.7 Å². The topological polar surface area (TPSA) is 45.3 Å². The summed E-state index contributed by atoms with van der Waals surface area (Å²) in [6.45, 7) is 1.97. The van der Waals surface area contributed by atoms with E-state index in [1.54, 1.807) is 19.4 Å². The van der Waals surface area contributed by atoms with Crippen LogP contribution in [0.3, 0.4) is 0 Å². The molecular weight excluding hydrogens is 324 g/mol. The highest BCUT2D eigenvalue weighted by Crippen LogP contribution is 2.32. The molecule has 0 bridgehead atoms. The number of aromatic nitrogens is 1. The van der Waals surface area contributed by atoms with Crippen molar-refractivity contribution in [3.8, 4) is 11.5 Å². The highest BCUT2D eigenvalue weighted by atomic mass is 16.5. The monoisotopic (exact) mass is 347 g/mol. The molecule has 0 amide bonds. The second-order valence-electron chi connectivity index (χ2n) is 7.00. The van der Waals surface area contributed by atoms with Crippen molar-refractivity contribution in [1.29, 1.82) is 0 Å². The largest absolute Gasteiger partial charge is 0.497 e.